The van der Waals surface area contributed by atoms with Gasteiger partial charge in [-0.05, 0) is 49.8 Å². The molecule has 1 aromatic carbocycles. The van der Waals surface area contributed by atoms with Gasteiger partial charge in [-0.2, -0.15) is 0 Å². The number of esters is 1. The molecule has 2 N–H and O–H groups in total. The maximum Gasteiger partial charge on any atom is 0.337 e. The van der Waals surface area contributed by atoms with E-state index in [2.05, 4.69) is 25.2 Å². The van der Waals surface area contributed by atoms with Crippen molar-refractivity contribution in [1.29, 1.82) is 0 Å². The first kappa shape index (κ1) is 30.5. The van der Waals surface area contributed by atoms with E-state index in [0.29, 0.717) is 24.2 Å². The van der Waals surface area contributed by atoms with E-state index in [4.69, 9.17) is 9.84 Å². The number of allylic oxidation sites excluding steroid dienone is 7. The van der Waals surface area contributed by atoms with E-state index in [1.807, 2.05) is 42.5 Å². The standard InChI is InChI=1S/C29H40O5S/c1-3-4-5-6-7-8-9-10-11-12-13-14-17-27(26(30)16-15-18-28(31)32)35-23-24-19-21-25(22-20-24)29(33)34-2/h7-8,10-14,17,19-22,26-27,30H,3-6,9,15-16,18,23H2,1-2H3,(H,31,32)/b8-7-,11-10-,13-12+,17-14+. The fourth-order valence-corrected chi connectivity index (χ4v) is 4.37. The van der Waals surface area contributed by atoms with Gasteiger partial charge in [-0.15, -0.1) is 11.8 Å². The van der Waals surface area contributed by atoms with Crippen molar-refractivity contribution in [2.45, 2.75) is 75.4 Å². The van der Waals surface area contributed by atoms with Gasteiger partial charge in [0, 0.05) is 17.4 Å². The van der Waals surface area contributed by atoms with E-state index in [1.165, 1.54) is 26.4 Å². The summed E-state index contributed by atoms with van der Waals surface area (Å²) in [6.45, 7) is 2.21. The first-order valence-corrected chi connectivity index (χ1v) is 13.4. The zero-order valence-electron chi connectivity index (χ0n) is 21.0. The van der Waals surface area contributed by atoms with Crippen LogP contribution in [0.4, 0.5) is 0 Å². The van der Waals surface area contributed by atoms with Gasteiger partial charge in [0.15, 0.2) is 0 Å². The summed E-state index contributed by atoms with van der Waals surface area (Å²) >= 11 is 1.58. The molecule has 1 aromatic rings. The van der Waals surface area contributed by atoms with Crippen LogP contribution < -0.4 is 0 Å². The van der Waals surface area contributed by atoms with Gasteiger partial charge in [0.2, 0.25) is 0 Å². The molecule has 0 aliphatic rings. The second-order valence-corrected chi connectivity index (χ2v) is 9.38. The molecule has 0 aliphatic carbocycles. The fraction of sp³-hybridized carbons (Fsp3) is 0.448. The van der Waals surface area contributed by atoms with Gasteiger partial charge in [-0.25, -0.2) is 4.79 Å². The summed E-state index contributed by atoms with van der Waals surface area (Å²) in [7, 11) is 1.35. The van der Waals surface area contributed by atoms with Crippen molar-refractivity contribution in [1.82, 2.24) is 0 Å². The normalized spacial score (nSPS) is 13.8. The van der Waals surface area contributed by atoms with E-state index in [1.54, 1.807) is 23.9 Å². The third-order valence-corrected chi connectivity index (χ3v) is 6.63. The van der Waals surface area contributed by atoms with Crippen molar-refractivity contribution in [2.24, 2.45) is 0 Å². The molecule has 0 saturated heterocycles. The van der Waals surface area contributed by atoms with Crippen molar-refractivity contribution in [3.05, 3.63) is 84.0 Å². The Kier molecular flexibility index (Phi) is 17.2. The van der Waals surface area contributed by atoms with Gasteiger partial charge in [0.25, 0.3) is 0 Å². The van der Waals surface area contributed by atoms with Gasteiger partial charge in [-0.3, -0.25) is 4.79 Å². The Bertz CT molecular complexity index is 839. The molecule has 6 heteroatoms. The zero-order valence-corrected chi connectivity index (χ0v) is 21.8. The third-order valence-electron chi connectivity index (χ3n) is 5.27. The van der Waals surface area contributed by atoms with Crippen molar-refractivity contribution < 1.29 is 24.5 Å². The number of carboxylic acid groups (broad SMARTS) is 1. The van der Waals surface area contributed by atoms with Crippen molar-refractivity contribution in [3.8, 4) is 0 Å². The Morgan fingerprint density at radius 2 is 1.74 bits per heavy atom. The maximum atomic E-state index is 11.6. The number of hydrogen-bond acceptors (Lipinski definition) is 5. The molecule has 0 aromatic heterocycles. The Morgan fingerprint density at radius 3 is 2.43 bits per heavy atom. The molecule has 2 atom stereocenters. The SMILES string of the molecule is CCCCC/C=C\C\C=C/C=C/C=C/C(SCc1ccc(C(=O)OC)cc1)C(O)CCCC(=O)O. The highest BCUT2D eigenvalue weighted by atomic mass is 32.2. The molecule has 192 valence electrons. The van der Waals surface area contributed by atoms with Gasteiger partial charge >= 0.3 is 11.9 Å². The van der Waals surface area contributed by atoms with Crippen LogP contribution in [0.3, 0.4) is 0 Å². The minimum Gasteiger partial charge on any atom is -0.481 e. The summed E-state index contributed by atoms with van der Waals surface area (Å²) in [5.74, 6) is -0.573. The van der Waals surface area contributed by atoms with Gasteiger partial charge in [0.05, 0.1) is 18.8 Å². The summed E-state index contributed by atoms with van der Waals surface area (Å²) in [5.41, 5.74) is 1.52. The zero-order chi connectivity index (χ0) is 25.7. The lowest BCUT2D eigenvalue weighted by molar-refractivity contribution is -0.137. The number of aliphatic carboxylic acids is 1. The molecular weight excluding hydrogens is 460 g/mol. The summed E-state index contributed by atoms with van der Waals surface area (Å²) in [4.78, 5) is 22.4. The van der Waals surface area contributed by atoms with Gasteiger partial charge < -0.3 is 14.9 Å². The van der Waals surface area contributed by atoms with Crippen LogP contribution in [0, 0.1) is 0 Å². The topological polar surface area (TPSA) is 83.8 Å². The van der Waals surface area contributed by atoms with Crippen LogP contribution in [0.15, 0.2) is 72.9 Å². The molecule has 0 radical (unpaired) electrons. The summed E-state index contributed by atoms with van der Waals surface area (Å²) in [6, 6.07) is 7.20. The summed E-state index contributed by atoms with van der Waals surface area (Å²) in [6.07, 6.45) is 22.4. The molecule has 5 nitrogen and oxygen atoms in total. The number of carbonyl (C=O) groups is 2. The number of carbonyl (C=O) groups excluding carboxylic acids is 1. The molecule has 2 unspecified atom stereocenters. The van der Waals surface area contributed by atoms with E-state index >= 15 is 0 Å². The molecule has 0 saturated carbocycles. The predicted octanol–water partition coefficient (Wildman–Crippen LogP) is 6.89. The van der Waals surface area contributed by atoms with Gasteiger partial charge in [0.1, 0.15) is 0 Å². The lowest BCUT2D eigenvalue weighted by Gasteiger charge is -2.19. The third kappa shape index (κ3) is 15.1. The quantitative estimate of drug-likeness (QED) is 0.0988. The van der Waals surface area contributed by atoms with Crippen LogP contribution in [0.5, 0.6) is 0 Å². The Hall–Kier alpha value is -2.57. The average Bonchev–Trinajstić information content (AvgIpc) is 2.86. The van der Waals surface area contributed by atoms with Crippen LogP contribution in [0.2, 0.25) is 0 Å². The minimum absolute atomic E-state index is 0.0465. The second kappa shape index (κ2) is 19.7. The monoisotopic (exact) mass is 500 g/mol. The Labute approximate surface area is 214 Å². The van der Waals surface area contributed by atoms with Crippen molar-refractivity contribution in [3.63, 3.8) is 0 Å². The molecule has 35 heavy (non-hydrogen) atoms. The number of aliphatic hydroxyl groups is 1. The number of aliphatic hydroxyl groups excluding tert-OH is 1. The number of rotatable bonds is 18. The van der Waals surface area contributed by atoms with Gasteiger partial charge in [-0.1, -0.05) is 80.5 Å². The predicted molar refractivity (Wildman–Crippen MR) is 146 cm³/mol. The molecule has 0 spiro atoms. The van der Waals surface area contributed by atoms with E-state index < -0.39 is 12.1 Å². The van der Waals surface area contributed by atoms with Crippen LogP contribution in [-0.4, -0.2) is 40.6 Å². The highest BCUT2D eigenvalue weighted by Gasteiger charge is 2.17. The molecular formula is C29H40O5S. The maximum absolute atomic E-state index is 11.6. The van der Waals surface area contributed by atoms with E-state index in [9.17, 15) is 14.7 Å². The molecule has 0 aliphatic heterocycles. The highest BCUT2D eigenvalue weighted by Crippen LogP contribution is 2.24. The smallest absolute Gasteiger partial charge is 0.337 e. The first-order chi connectivity index (χ1) is 17.0. The van der Waals surface area contributed by atoms with Crippen LogP contribution in [-0.2, 0) is 15.3 Å². The number of ether oxygens (including phenoxy) is 1. The van der Waals surface area contributed by atoms with Crippen molar-refractivity contribution >= 4 is 23.7 Å². The number of unbranched alkanes of at least 4 members (excludes halogenated alkanes) is 3. The minimum atomic E-state index is -0.854. The number of thioether (sulfide) groups is 1. The Balaban J connectivity index is 2.61. The number of carboxylic acids is 1. The van der Waals surface area contributed by atoms with Crippen LogP contribution in [0.1, 0.15) is 74.2 Å². The molecule has 0 amide bonds. The lowest BCUT2D eigenvalue weighted by Crippen LogP contribution is -2.21. The van der Waals surface area contributed by atoms with Crippen LogP contribution in [0.25, 0.3) is 0 Å². The number of methoxy groups -OCH3 is 1. The fourth-order valence-electron chi connectivity index (χ4n) is 3.23. The second-order valence-electron chi connectivity index (χ2n) is 8.22. The van der Waals surface area contributed by atoms with E-state index in [-0.39, 0.29) is 17.6 Å². The highest BCUT2D eigenvalue weighted by molar-refractivity contribution is 7.99. The summed E-state index contributed by atoms with van der Waals surface area (Å²) in [5, 5.41) is 19.3. The molecule has 0 heterocycles. The average molecular weight is 501 g/mol. The largest absolute Gasteiger partial charge is 0.481 e. The number of hydrogen-bond donors (Lipinski definition) is 2. The molecule has 1 rings (SSSR count). The molecule has 0 bridgehead atoms. The van der Waals surface area contributed by atoms with Crippen LogP contribution >= 0.6 is 11.8 Å². The summed E-state index contributed by atoms with van der Waals surface area (Å²) < 4.78 is 4.73. The molecule has 0 fully saturated rings. The first-order valence-electron chi connectivity index (χ1n) is 12.3. The number of benzene rings is 1. The van der Waals surface area contributed by atoms with Crippen molar-refractivity contribution in [2.75, 3.05) is 7.11 Å². The lowest BCUT2D eigenvalue weighted by atomic mass is 10.1. The Morgan fingerprint density at radius 1 is 1.00 bits per heavy atom. The van der Waals surface area contributed by atoms with E-state index in [0.717, 1.165) is 18.4 Å².